The topological polar surface area (TPSA) is 66.3 Å². The van der Waals surface area contributed by atoms with Gasteiger partial charge in [-0.1, -0.05) is 0 Å². The van der Waals surface area contributed by atoms with Gasteiger partial charge in [-0.15, -0.1) is 24.8 Å². The zero-order valence-electron chi connectivity index (χ0n) is 15.9. The lowest BCUT2D eigenvalue weighted by atomic mass is 9.97. The van der Waals surface area contributed by atoms with E-state index in [0.29, 0.717) is 12.5 Å². The van der Waals surface area contributed by atoms with Crippen LogP contribution >= 0.6 is 24.8 Å². The molecule has 2 aromatic rings. The first-order chi connectivity index (χ1) is 12.8. The Bertz CT molecular complexity index is 727. The summed E-state index contributed by atoms with van der Waals surface area (Å²) in [5.74, 6) is 0.625. The molecule has 1 amide bonds. The Balaban J connectivity index is 0.00000140. The lowest BCUT2D eigenvalue weighted by Crippen LogP contribution is -2.49. The van der Waals surface area contributed by atoms with Crippen molar-refractivity contribution in [2.24, 2.45) is 0 Å². The van der Waals surface area contributed by atoms with Crippen LogP contribution in [0.2, 0.25) is 0 Å². The molecule has 1 N–H and O–H groups in total. The Morgan fingerprint density at radius 1 is 1.11 bits per heavy atom. The van der Waals surface area contributed by atoms with E-state index in [-0.39, 0.29) is 30.7 Å². The van der Waals surface area contributed by atoms with Crippen molar-refractivity contribution >= 4 is 36.4 Å². The van der Waals surface area contributed by atoms with E-state index in [0.717, 1.165) is 45.0 Å². The molecule has 2 saturated heterocycles. The Hall–Kier alpha value is -1.83. The minimum absolute atomic E-state index is 0. The third kappa shape index (κ3) is 5.37. The van der Waals surface area contributed by atoms with Crippen LogP contribution in [-0.4, -0.2) is 64.8 Å². The molecule has 0 saturated carbocycles. The predicted octanol–water partition coefficient (Wildman–Crippen LogP) is 1.94. The molecule has 154 valence electrons. The lowest BCUT2D eigenvalue weighted by Gasteiger charge is -2.36. The highest BCUT2D eigenvalue weighted by Crippen LogP contribution is 2.21. The van der Waals surface area contributed by atoms with Crippen molar-refractivity contribution < 1.29 is 4.79 Å². The van der Waals surface area contributed by atoms with Crippen LogP contribution in [0.5, 0.6) is 0 Å². The summed E-state index contributed by atoms with van der Waals surface area (Å²) < 4.78 is 1.79. The van der Waals surface area contributed by atoms with Crippen molar-refractivity contribution in [1.29, 1.82) is 0 Å². The van der Waals surface area contributed by atoms with Gasteiger partial charge in [0.05, 0.1) is 5.69 Å². The number of carbonyl (C=O) groups excluding carboxylic acids is 1. The number of nitrogens with one attached hydrogen (secondary N) is 1. The fraction of sp³-hybridized carbons (Fsp3) is 0.526. The molecular weight excluding hydrogens is 399 g/mol. The van der Waals surface area contributed by atoms with E-state index < -0.39 is 0 Å². The minimum Gasteiger partial charge on any atom is -0.368 e. The Labute approximate surface area is 178 Å². The summed E-state index contributed by atoms with van der Waals surface area (Å²) in [5.41, 5.74) is 2.28. The largest absolute Gasteiger partial charge is 0.368 e. The summed E-state index contributed by atoms with van der Waals surface area (Å²) in [6.45, 7) is 5.63. The number of hydrogen-bond acceptors (Lipinski definition) is 5. The summed E-state index contributed by atoms with van der Waals surface area (Å²) >= 11 is 0. The fourth-order valence-electron chi connectivity index (χ4n) is 3.79. The minimum atomic E-state index is 0. The molecule has 4 heterocycles. The summed E-state index contributed by atoms with van der Waals surface area (Å²) in [7, 11) is 0. The molecule has 2 aromatic heterocycles. The van der Waals surface area contributed by atoms with Crippen LogP contribution in [0, 0.1) is 0 Å². The fourth-order valence-corrected chi connectivity index (χ4v) is 3.79. The average molecular weight is 427 g/mol. The smallest absolute Gasteiger partial charge is 0.244 e. The number of piperazine rings is 1. The maximum Gasteiger partial charge on any atom is 0.244 e. The monoisotopic (exact) mass is 426 g/mol. The first-order valence-electron chi connectivity index (χ1n) is 9.46. The molecule has 0 radical (unpaired) electrons. The number of halogens is 2. The van der Waals surface area contributed by atoms with Gasteiger partial charge in [-0.2, -0.15) is 5.10 Å². The number of nitrogens with zero attached hydrogens (tertiary/aromatic N) is 5. The number of pyridine rings is 1. The number of carbonyl (C=O) groups is 1. The van der Waals surface area contributed by atoms with E-state index in [2.05, 4.69) is 26.4 Å². The standard InChI is InChI=1S/C19H26N6O.2ClH/c26-19(15-25-9-5-18(22-25)16-2-1-6-21-14-16)24-12-10-23(11-13-24)17-3-7-20-8-4-17;;/h3-5,7-9,16,21H,1-2,6,10-15H2;2*1H. The van der Waals surface area contributed by atoms with E-state index in [1.54, 1.807) is 4.68 Å². The maximum absolute atomic E-state index is 12.6. The van der Waals surface area contributed by atoms with Gasteiger partial charge < -0.3 is 15.1 Å². The van der Waals surface area contributed by atoms with E-state index >= 15 is 0 Å². The van der Waals surface area contributed by atoms with Gasteiger partial charge in [-0.05, 0) is 37.6 Å². The van der Waals surface area contributed by atoms with Crippen molar-refractivity contribution in [2.75, 3.05) is 44.2 Å². The normalized spacial score (nSPS) is 19.5. The number of anilines is 1. The van der Waals surface area contributed by atoms with Crippen molar-refractivity contribution in [3.8, 4) is 0 Å². The van der Waals surface area contributed by atoms with Crippen LogP contribution in [0.15, 0.2) is 36.8 Å². The first kappa shape index (κ1) is 22.5. The van der Waals surface area contributed by atoms with Crippen LogP contribution in [-0.2, 0) is 11.3 Å². The van der Waals surface area contributed by atoms with Crippen molar-refractivity contribution in [1.82, 2.24) is 25.0 Å². The van der Waals surface area contributed by atoms with Gasteiger partial charge in [-0.3, -0.25) is 14.5 Å². The molecule has 1 unspecified atom stereocenters. The Kier molecular flexibility index (Phi) is 8.54. The first-order valence-corrected chi connectivity index (χ1v) is 9.46. The molecule has 28 heavy (non-hydrogen) atoms. The van der Waals surface area contributed by atoms with Gasteiger partial charge in [0, 0.05) is 62.9 Å². The zero-order chi connectivity index (χ0) is 17.8. The summed E-state index contributed by atoms with van der Waals surface area (Å²) in [5, 5.41) is 8.06. The van der Waals surface area contributed by atoms with E-state index in [1.165, 1.54) is 18.5 Å². The molecule has 7 nitrogen and oxygen atoms in total. The Morgan fingerprint density at radius 3 is 2.54 bits per heavy atom. The summed E-state index contributed by atoms with van der Waals surface area (Å²) in [6.07, 6.45) is 7.93. The van der Waals surface area contributed by atoms with Crippen LogP contribution in [0.25, 0.3) is 0 Å². The quantitative estimate of drug-likeness (QED) is 0.808. The number of amides is 1. The van der Waals surface area contributed by atoms with Gasteiger partial charge in [0.1, 0.15) is 6.54 Å². The number of hydrogen-bond donors (Lipinski definition) is 1. The molecule has 0 aromatic carbocycles. The highest BCUT2D eigenvalue weighted by atomic mass is 35.5. The molecule has 0 aliphatic carbocycles. The second-order valence-electron chi connectivity index (χ2n) is 7.05. The molecule has 2 fully saturated rings. The van der Waals surface area contributed by atoms with Crippen molar-refractivity contribution in [3.05, 3.63) is 42.5 Å². The van der Waals surface area contributed by atoms with Crippen molar-refractivity contribution in [2.45, 2.75) is 25.3 Å². The van der Waals surface area contributed by atoms with Crippen molar-refractivity contribution in [3.63, 3.8) is 0 Å². The molecule has 4 rings (SSSR count). The van der Waals surface area contributed by atoms with Gasteiger partial charge in [-0.25, -0.2) is 0 Å². The third-order valence-corrected chi connectivity index (χ3v) is 5.33. The molecule has 1 atom stereocenters. The number of aromatic nitrogens is 3. The van der Waals surface area contributed by atoms with Crippen LogP contribution in [0.1, 0.15) is 24.5 Å². The van der Waals surface area contributed by atoms with Crippen LogP contribution < -0.4 is 10.2 Å². The van der Waals surface area contributed by atoms with E-state index in [4.69, 9.17) is 0 Å². The molecule has 2 aliphatic heterocycles. The predicted molar refractivity (Wildman–Crippen MR) is 115 cm³/mol. The molecule has 0 spiro atoms. The van der Waals surface area contributed by atoms with Gasteiger partial charge in [0.15, 0.2) is 0 Å². The van der Waals surface area contributed by atoms with Gasteiger partial charge in [0.2, 0.25) is 5.91 Å². The molecule has 0 bridgehead atoms. The molecule has 2 aliphatic rings. The summed E-state index contributed by atoms with van der Waals surface area (Å²) in [6, 6.07) is 6.10. The lowest BCUT2D eigenvalue weighted by molar-refractivity contribution is -0.132. The van der Waals surface area contributed by atoms with Gasteiger partial charge >= 0.3 is 0 Å². The van der Waals surface area contributed by atoms with Crippen LogP contribution in [0.4, 0.5) is 5.69 Å². The second-order valence-corrected chi connectivity index (χ2v) is 7.05. The zero-order valence-corrected chi connectivity index (χ0v) is 17.5. The maximum atomic E-state index is 12.6. The third-order valence-electron chi connectivity index (χ3n) is 5.33. The highest BCUT2D eigenvalue weighted by Gasteiger charge is 2.22. The van der Waals surface area contributed by atoms with Crippen LogP contribution in [0.3, 0.4) is 0 Å². The SMILES string of the molecule is Cl.Cl.O=C(Cn1ccc(C2CCCNC2)n1)N1CCN(c2ccncc2)CC1. The highest BCUT2D eigenvalue weighted by molar-refractivity contribution is 5.85. The average Bonchev–Trinajstić information content (AvgIpc) is 3.18. The van der Waals surface area contributed by atoms with E-state index in [1.807, 2.05) is 35.6 Å². The molecular formula is C19H28Cl2N6O. The Morgan fingerprint density at radius 2 is 1.86 bits per heavy atom. The summed E-state index contributed by atoms with van der Waals surface area (Å²) in [4.78, 5) is 20.9. The van der Waals surface area contributed by atoms with E-state index in [9.17, 15) is 4.79 Å². The van der Waals surface area contributed by atoms with Gasteiger partial charge in [0.25, 0.3) is 0 Å². The molecule has 9 heteroatoms. The number of piperidine rings is 1. The second kappa shape index (κ2) is 10.6. The number of rotatable bonds is 4.